The number of carbonyl (C=O) groups is 1. The second-order valence-electron chi connectivity index (χ2n) is 4.59. The van der Waals surface area contributed by atoms with Gasteiger partial charge in [-0.15, -0.1) is 0 Å². The average Bonchev–Trinajstić information content (AvgIpc) is 2.46. The lowest BCUT2D eigenvalue weighted by Crippen LogP contribution is -2.04. The van der Waals surface area contributed by atoms with Crippen molar-refractivity contribution in [2.75, 3.05) is 11.9 Å². The zero-order valence-corrected chi connectivity index (χ0v) is 11.3. The van der Waals surface area contributed by atoms with Crippen molar-refractivity contribution in [3.05, 3.63) is 40.7 Å². The lowest BCUT2D eigenvalue weighted by atomic mass is 10.1. The molecule has 0 atom stereocenters. The van der Waals surface area contributed by atoms with Crippen molar-refractivity contribution in [3.63, 3.8) is 0 Å². The molecule has 2 N–H and O–H groups in total. The van der Waals surface area contributed by atoms with E-state index >= 15 is 0 Å². The Labute approximate surface area is 120 Å². The number of non-ortho nitro benzene ring substituents is 1. The number of unbranched alkanes of at least 4 members (excludes halogenated alkanes) is 1. The number of nitro groups is 1. The second kappa shape index (κ2) is 6.65. The Morgan fingerprint density at radius 2 is 2.10 bits per heavy atom. The van der Waals surface area contributed by atoms with Crippen LogP contribution in [0.25, 0.3) is 10.8 Å². The summed E-state index contributed by atoms with van der Waals surface area (Å²) >= 11 is 0. The van der Waals surface area contributed by atoms with Crippen molar-refractivity contribution in [2.45, 2.75) is 19.3 Å². The number of aliphatic carboxylic acids is 1. The van der Waals surface area contributed by atoms with Crippen LogP contribution in [0.3, 0.4) is 0 Å². The van der Waals surface area contributed by atoms with Gasteiger partial charge in [0.15, 0.2) is 0 Å². The molecule has 110 valence electrons. The summed E-state index contributed by atoms with van der Waals surface area (Å²) in [7, 11) is 0. The molecule has 1 heterocycles. The van der Waals surface area contributed by atoms with Gasteiger partial charge in [0.1, 0.15) is 0 Å². The van der Waals surface area contributed by atoms with E-state index in [0.717, 1.165) is 17.5 Å². The summed E-state index contributed by atoms with van der Waals surface area (Å²) in [5.41, 5.74) is 0.808. The number of hydrogen-bond donors (Lipinski definition) is 2. The molecule has 0 saturated carbocycles. The van der Waals surface area contributed by atoms with E-state index in [4.69, 9.17) is 5.11 Å². The number of nitro benzene ring substituents is 1. The first-order valence-corrected chi connectivity index (χ1v) is 6.56. The van der Waals surface area contributed by atoms with E-state index in [1.807, 2.05) is 0 Å². The minimum atomic E-state index is -0.804. The van der Waals surface area contributed by atoms with Gasteiger partial charge in [-0.25, -0.2) is 0 Å². The van der Waals surface area contributed by atoms with Crippen molar-refractivity contribution in [1.29, 1.82) is 0 Å². The zero-order chi connectivity index (χ0) is 15.2. The highest BCUT2D eigenvalue weighted by Gasteiger charge is 2.13. The molecule has 2 aromatic rings. The molecular weight excluding hydrogens is 274 g/mol. The van der Waals surface area contributed by atoms with E-state index in [0.29, 0.717) is 18.4 Å². The van der Waals surface area contributed by atoms with E-state index in [-0.39, 0.29) is 12.1 Å². The molecule has 0 aliphatic rings. The topological polar surface area (TPSA) is 105 Å². The molecule has 0 spiro atoms. The van der Waals surface area contributed by atoms with Gasteiger partial charge in [0, 0.05) is 42.5 Å². The van der Waals surface area contributed by atoms with Crippen molar-refractivity contribution in [2.24, 2.45) is 0 Å². The van der Waals surface area contributed by atoms with Gasteiger partial charge < -0.3 is 10.4 Å². The van der Waals surface area contributed by atoms with Gasteiger partial charge in [-0.05, 0) is 25.0 Å². The van der Waals surface area contributed by atoms with E-state index in [1.54, 1.807) is 18.3 Å². The third kappa shape index (κ3) is 3.65. The van der Waals surface area contributed by atoms with Crippen molar-refractivity contribution >= 4 is 28.1 Å². The number of nitrogens with one attached hydrogen (secondary N) is 1. The molecular formula is C14H15N3O4. The Kier molecular flexibility index (Phi) is 4.65. The fourth-order valence-corrected chi connectivity index (χ4v) is 2.11. The predicted octanol–water partition coefficient (Wildman–Crippen LogP) is 2.81. The van der Waals surface area contributed by atoms with Crippen LogP contribution in [0.2, 0.25) is 0 Å². The first-order valence-electron chi connectivity index (χ1n) is 6.56. The molecule has 0 radical (unpaired) electrons. The Morgan fingerprint density at radius 3 is 2.81 bits per heavy atom. The van der Waals surface area contributed by atoms with Gasteiger partial charge in [-0.1, -0.05) is 0 Å². The third-order valence-electron chi connectivity index (χ3n) is 3.12. The van der Waals surface area contributed by atoms with Gasteiger partial charge >= 0.3 is 5.97 Å². The third-order valence-corrected chi connectivity index (χ3v) is 3.12. The van der Waals surface area contributed by atoms with E-state index in [1.165, 1.54) is 12.3 Å². The number of rotatable bonds is 7. The number of carboxylic acid groups (broad SMARTS) is 1. The van der Waals surface area contributed by atoms with Crippen LogP contribution in [-0.2, 0) is 4.79 Å². The highest BCUT2D eigenvalue weighted by molar-refractivity contribution is 5.99. The zero-order valence-electron chi connectivity index (χ0n) is 11.3. The molecule has 21 heavy (non-hydrogen) atoms. The van der Waals surface area contributed by atoms with E-state index in [2.05, 4.69) is 10.3 Å². The lowest BCUT2D eigenvalue weighted by molar-refractivity contribution is -0.383. The first-order chi connectivity index (χ1) is 10.1. The molecule has 0 bridgehead atoms. The Balaban J connectivity index is 2.12. The van der Waals surface area contributed by atoms with Crippen LogP contribution in [0.1, 0.15) is 19.3 Å². The van der Waals surface area contributed by atoms with Gasteiger partial charge in [0.05, 0.1) is 10.3 Å². The van der Waals surface area contributed by atoms with Crippen LogP contribution in [-0.4, -0.2) is 27.5 Å². The number of aromatic nitrogens is 1. The lowest BCUT2D eigenvalue weighted by Gasteiger charge is -2.09. The minimum Gasteiger partial charge on any atom is -0.481 e. The molecule has 0 saturated heterocycles. The van der Waals surface area contributed by atoms with Gasteiger partial charge in [-0.3, -0.25) is 19.9 Å². The number of hydrogen-bond acceptors (Lipinski definition) is 5. The summed E-state index contributed by atoms with van der Waals surface area (Å²) in [5, 5.41) is 24.0. The van der Waals surface area contributed by atoms with Crippen LogP contribution in [0.5, 0.6) is 0 Å². The van der Waals surface area contributed by atoms with Crippen LogP contribution in [0, 0.1) is 10.1 Å². The summed E-state index contributed by atoms with van der Waals surface area (Å²) in [4.78, 5) is 24.9. The second-order valence-corrected chi connectivity index (χ2v) is 4.59. The molecule has 0 aliphatic carbocycles. The van der Waals surface area contributed by atoms with Gasteiger partial charge in [0.2, 0.25) is 0 Å². The van der Waals surface area contributed by atoms with Crippen molar-refractivity contribution < 1.29 is 14.8 Å². The number of benzene rings is 1. The van der Waals surface area contributed by atoms with Gasteiger partial charge in [0.25, 0.3) is 5.69 Å². The molecule has 0 unspecified atom stereocenters. The Bertz CT molecular complexity index is 672. The van der Waals surface area contributed by atoms with Crippen LogP contribution < -0.4 is 5.32 Å². The number of pyridine rings is 1. The molecule has 0 amide bonds. The predicted molar refractivity (Wildman–Crippen MR) is 78.4 cm³/mol. The highest BCUT2D eigenvalue weighted by atomic mass is 16.6. The van der Waals surface area contributed by atoms with E-state index in [9.17, 15) is 14.9 Å². The smallest absolute Gasteiger partial charge is 0.303 e. The quantitative estimate of drug-likeness (QED) is 0.461. The summed E-state index contributed by atoms with van der Waals surface area (Å²) in [6, 6.07) is 4.84. The highest BCUT2D eigenvalue weighted by Crippen LogP contribution is 2.30. The first kappa shape index (κ1) is 14.7. The minimum absolute atomic E-state index is 0.0227. The molecule has 0 aliphatic heterocycles. The largest absolute Gasteiger partial charge is 0.481 e. The van der Waals surface area contributed by atoms with Crippen molar-refractivity contribution in [3.8, 4) is 0 Å². The van der Waals surface area contributed by atoms with E-state index < -0.39 is 10.9 Å². The molecule has 0 fully saturated rings. The fourth-order valence-electron chi connectivity index (χ4n) is 2.11. The maximum Gasteiger partial charge on any atom is 0.303 e. The molecule has 2 rings (SSSR count). The molecule has 1 aromatic heterocycles. The summed E-state index contributed by atoms with van der Waals surface area (Å²) in [6.07, 6.45) is 4.52. The normalized spacial score (nSPS) is 10.5. The fraction of sp³-hybridized carbons (Fsp3) is 0.286. The monoisotopic (exact) mass is 289 g/mol. The van der Waals surface area contributed by atoms with Crippen LogP contribution in [0.4, 0.5) is 11.4 Å². The Morgan fingerprint density at radius 1 is 1.29 bits per heavy atom. The number of nitrogens with zero attached hydrogens (tertiary/aromatic N) is 2. The molecule has 7 heteroatoms. The van der Waals surface area contributed by atoms with Crippen LogP contribution in [0.15, 0.2) is 30.6 Å². The number of carboxylic acids is 1. The molecule has 7 nitrogen and oxygen atoms in total. The number of fused-ring (bicyclic) bond motifs is 1. The average molecular weight is 289 g/mol. The SMILES string of the molecule is O=C(O)CCCCNc1ccc([N+](=O)[O-])c2cnccc12. The molecule has 1 aromatic carbocycles. The maximum atomic E-state index is 11.0. The number of anilines is 1. The van der Waals surface area contributed by atoms with Crippen molar-refractivity contribution in [1.82, 2.24) is 4.98 Å². The maximum absolute atomic E-state index is 11.0. The summed E-state index contributed by atoms with van der Waals surface area (Å²) in [5.74, 6) is -0.804. The standard InChI is InChI=1S/C14H15N3O4/c18-14(19)3-1-2-7-16-12-4-5-13(17(20)21)11-9-15-8-6-10(11)12/h4-6,8-9,16H,1-3,7H2,(H,18,19). The van der Waals surface area contributed by atoms with Gasteiger partial charge in [-0.2, -0.15) is 0 Å². The Hall–Kier alpha value is -2.70. The van der Waals surface area contributed by atoms with Crippen LogP contribution >= 0.6 is 0 Å². The summed E-state index contributed by atoms with van der Waals surface area (Å²) in [6.45, 7) is 0.614. The summed E-state index contributed by atoms with van der Waals surface area (Å²) < 4.78 is 0.